The van der Waals surface area contributed by atoms with Crippen LogP contribution in [0.25, 0.3) is 11.3 Å². The Hall–Kier alpha value is -3.08. The number of anilines is 1. The molecule has 0 radical (unpaired) electrons. The summed E-state index contributed by atoms with van der Waals surface area (Å²) in [5.74, 6) is -1.01. The van der Waals surface area contributed by atoms with Gasteiger partial charge in [-0.3, -0.25) is 9.59 Å². The van der Waals surface area contributed by atoms with Gasteiger partial charge in [-0.05, 0) is 56.2 Å². The van der Waals surface area contributed by atoms with Crippen LogP contribution in [0.3, 0.4) is 0 Å². The normalized spacial score (nSPS) is 15.3. The van der Waals surface area contributed by atoms with Crippen molar-refractivity contribution in [2.45, 2.75) is 24.7 Å². The minimum absolute atomic E-state index is 0.101. The number of carbonyl (C=O) groups excluding carboxylic acids is 2. The zero-order valence-electron chi connectivity index (χ0n) is 18.0. The smallest absolute Gasteiger partial charge is 0.248 e. The second-order valence-electron chi connectivity index (χ2n) is 7.89. The van der Waals surface area contributed by atoms with Gasteiger partial charge in [-0.25, -0.2) is 13.4 Å². The van der Waals surface area contributed by atoms with Gasteiger partial charge in [0.05, 0.1) is 15.6 Å². The van der Waals surface area contributed by atoms with Gasteiger partial charge in [0.1, 0.15) is 0 Å². The number of nitrogens with two attached hydrogens (primary N) is 1. The van der Waals surface area contributed by atoms with E-state index in [1.807, 2.05) is 36.6 Å². The maximum absolute atomic E-state index is 12.9. The van der Waals surface area contributed by atoms with Crippen molar-refractivity contribution in [2.75, 3.05) is 18.4 Å². The highest BCUT2D eigenvalue weighted by Crippen LogP contribution is 2.27. The fraction of sp³-hybridized carbons (Fsp3) is 0.261. The van der Waals surface area contributed by atoms with Gasteiger partial charge >= 0.3 is 0 Å². The highest BCUT2D eigenvalue weighted by molar-refractivity contribution is 7.89. The van der Waals surface area contributed by atoms with Gasteiger partial charge in [-0.1, -0.05) is 12.1 Å². The molecule has 2 amide bonds. The molecule has 0 spiro atoms. The molecule has 1 fully saturated rings. The summed E-state index contributed by atoms with van der Waals surface area (Å²) in [5.41, 5.74) is 7.95. The zero-order chi connectivity index (χ0) is 23.6. The van der Waals surface area contributed by atoms with Crippen LogP contribution in [0.4, 0.5) is 5.69 Å². The Morgan fingerprint density at radius 2 is 1.82 bits per heavy atom. The topological polar surface area (TPSA) is 122 Å². The zero-order valence-corrected chi connectivity index (χ0v) is 19.7. The van der Waals surface area contributed by atoms with Crippen LogP contribution < -0.4 is 11.1 Å². The first kappa shape index (κ1) is 23.1. The Bertz CT molecular complexity index is 1280. The number of carbonyl (C=O) groups is 2. The minimum Gasteiger partial charge on any atom is -0.366 e. The quantitative estimate of drug-likeness (QED) is 0.556. The molecule has 0 unspecified atom stereocenters. The molecule has 172 valence electrons. The molecule has 3 N–H and O–H groups in total. The first-order valence-corrected chi connectivity index (χ1v) is 12.8. The Kier molecular flexibility index (Phi) is 6.59. The standard InChI is InChI=1S/C23H24N4O4S2/c1-15-25-21(14-32-15)18-3-2-4-19(13-18)26-23(29)17-9-11-27(12-10-17)33(30,31)20-7-5-16(6-8-20)22(24)28/h2-8,13-14,17H,9-12H2,1H3,(H2,24,28)(H,26,29). The molecule has 8 nitrogen and oxygen atoms in total. The van der Waals surface area contributed by atoms with Crippen LogP contribution in [0.15, 0.2) is 58.8 Å². The molecule has 4 rings (SSSR count). The summed E-state index contributed by atoms with van der Waals surface area (Å²) in [6.07, 6.45) is 0.852. The fourth-order valence-corrected chi connectivity index (χ4v) is 5.89. The Morgan fingerprint density at radius 3 is 2.42 bits per heavy atom. The number of thiazole rings is 1. The van der Waals surface area contributed by atoms with Crippen molar-refractivity contribution in [1.82, 2.24) is 9.29 Å². The number of nitrogens with one attached hydrogen (secondary N) is 1. The highest BCUT2D eigenvalue weighted by atomic mass is 32.2. The number of amides is 2. The van der Waals surface area contributed by atoms with E-state index in [1.54, 1.807) is 11.3 Å². The third-order valence-electron chi connectivity index (χ3n) is 5.65. The van der Waals surface area contributed by atoms with Crippen molar-refractivity contribution in [3.63, 3.8) is 0 Å². The van der Waals surface area contributed by atoms with Gasteiger partial charge in [0.15, 0.2) is 0 Å². The molecule has 1 aromatic heterocycles. The van der Waals surface area contributed by atoms with Gasteiger partial charge < -0.3 is 11.1 Å². The molecule has 1 aliphatic rings. The van der Waals surface area contributed by atoms with E-state index in [1.165, 1.54) is 28.6 Å². The number of nitrogens with zero attached hydrogens (tertiary/aromatic N) is 2. The van der Waals surface area contributed by atoms with Gasteiger partial charge in [-0.15, -0.1) is 11.3 Å². The average Bonchev–Trinajstić information content (AvgIpc) is 3.25. The van der Waals surface area contributed by atoms with E-state index in [-0.39, 0.29) is 35.4 Å². The van der Waals surface area contributed by atoms with Gasteiger partial charge in [0.2, 0.25) is 21.8 Å². The van der Waals surface area contributed by atoms with E-state index in [2.05, 4.69) is 10.3 Å². The third-order valence-corrected chi connectivity index (χ3v) is 8.33. The van der Waals surface area contributed by atoms with Crippen molar-refractivity contribution in [3.8, 4) is 11.3 Å². The Morgan fingerprint density at radius 1 is 1.12 bits per heavy atom. The largest absolute Gasteiger partial charge is 0.366 e. The number of aromatic nitrogens is 1. The number of piperidine rings is 1. The summed E-state index contributed by atoms with van der Waals surface area (Å²) < 4.78 is 27.2. The third kappa shape index (κ3) is 5.13. The summed E-state index contributed by atoms with van der Waals surface area (Å²) in [7, 11) is -3.70. The van der Waals surface area contributed by atoms with Crippen LogP contribution >= 0.6 is 11.3 Å². The van der Waals surface area contributed by atoms with E-state index < -0.39 is 15.9 Å². The lowest BCUT2D eigenvalue weighted by atomic mass is 9.97. The molecule has 1 saturated heterocycles. The van der Waals surface area contributed by atoms with Crippen molar-refractivity contribution in [2.24, 2.45) is 11.7 Å². The van der Waals surface area contributed by atoms with Crippen LogP contribution in [0.2, 0.25) is 0 Å². The molecule has 0 bridgehead atoms. The van der Waals surface area contributed by atoms with Crippen molar-refractivity contribution < 1.29 is 18.0 Å². The number of aryl methyl sites for hydroxylation is 1. The lowest BCUT2D eigenvalue weighted by molar-refractivity contribution is -0.120. The monoisotopic (exact) mass is 484 g/mol. The molecule has 2 heterocycles. The summed E-state index contributed by atoms with van der Waals surface area (Å²) in [4.78, 5) is 28.6. The number of hydrogen-bond donors (Lipinski definition) is 2. The van der Waals surface area contributed by atoms with E-state index in [9.17, 15) is 18.0 Å². The predicted molar refractivity (Wildman–Crippen MR) is 127 cm³/mol. The number of hydrogen-bond acceptors (Lipinski definition) is 6. The Labute approximate surface area is 196 Å². The van der Waals surface area contributed by atoms with Gasteiger partial charge in [0.25, 0.3) is 0 Å². The summed E-state index contributed by atoms with van der Waals surface area (Å²) in [6.45, 7) is 2.44. The number of benzene rings is 2. The molecule has 3 aromatic rings. The molecule has 33 heavy (non-hydrogen) atoms. The summed E-state index contributed by atoms with van der Waals surface area (Å²) >= 11 is 1.57. The number of rotatable bonds is 6. The van der Waals surface area contributed by atoms with E-state index in [4.69, 9.17) is 5.73 Å². The molecule has 0 saturated carbocycles. The van der Waals surface area contributed by atoms with Crippen LogP contribution in [0, 0.1) is 12.8 Å². The summed E-state index contributed by atoms with van der Waals surface area (Å²) in [5, 5.41) is 5.91. The average molecular weight is 485 g/mol. The maximum Gasteiger partial charge on any atom is 0.248 e. The van der Waals surface area contributed by atoms with Gasteiger partial charge in [-0.2, -0.15) is 4.31 Å². The van der Waals surface area contributed by atoms with E-state index in [0.717, 1.165) is 16.3 Å². The van der Waals surface area contributed by atoms with E-state index >= 15 is 0 Å². The van der Waals surface area contributed by atoms with Crippen LogP contribution in [-0.2, 0) is 14.8 Å². The van der Waals surface area contributed by atoms with Gasteiger partial charge in [0, 0.05) is 41.2 Å². The fourth-order valence-electron chi connectivity index (χ4n) is 3.80. The van der Waals surface area contributed by atoms with Crippen molar-refractivity contribution in [1.29, 1.82) is 0 Å². The molecule has 2 aromatic carbocycles. The molecule has 1 aliphatic heterocycles. The molecular weight excluding hydrogens is 460 g/mol. The minimum atomic E-state index is -3.70. The molecular formula is C23H24N4O4S2. The van der Waals surface area contributed by atoms with Crippen LogP contribution in [0.5, 0.6) is 0 Å². The second kappa shape index (κ2) is 9.42. The first-order chi connectivity index (χ1) is 15.7. The lowest BCUT2D eigenvalue weighted by Crippen LogP contribution is -2.41. The molecule has 0 aliphatic carbocycles. The van der Waals surface area contributed by atoms with Crippen molar-refractivity contribution >= 4 is 38.9 Å². The predicted octanol–water partition coefficient (Wildman–Crippen LogP) is 3.26. The first-order valence-electron chi connectivity index (χ1n) is 10.5. The molecule has 0 atom stereocenters. The number of sulfonamides is 1. The highest BCUT2D eigenvalue weighted by Gasteiger charge is 2.32. The Balaban J connectivity index is 1.37. The molecule has 10 heteroatoms. The lowest BCUT2D eigenvalue weighted by Gasteiger charge is -2.30. The summed E-state index contributed by atoms with van der Waals surface area (Å²) in [6, 6.07) is 13.1. The SMILES string of the molecule is Cc1nc(-c2cccc(NC(=O)C3CCN(S(=O)(=O)c4ccc(C(N)=O)cc4)CC3)c2)cs1. The van der Waals surface area contributed by atoms with E-state index in [0.29, 0.717) is 18.5 Å². The van der Waals surface area contributed by atoms with Crippen molar-refractivity contribution in [3.05, 3.63) is 64.5 Å². The van der Waals surface area contributed by atoms with Crippen LogP contribution in [-0.4, -0.2) is 42.6 Å². The van der Waals surface area contributed by atoms with Crippen LogP contribution in [0.1, 0.15) is 28.2 Å². The second-order valence-corrected chi connectivity index (χ2v) is 10.9. The maximum atomic E-state index is 12.9. The number of primary amides is 1.